The van der Waals surface area contributed by atoms with Crippen LogP contribution < -0.4 is 37.7 Å². The van der Waals surface area contributed by atoms with Crippen molar-refractivity contribution < 1.29 is 104 Å². The molecule has 0 spiro atoms. The quantitative estimate of drug-likeness (QED) is 0.406. The molecule has 0 aromatic carbocycles. The number of hydrogen-bond acceptors (Lipinski definition) is 1. The van der Waals surface area contributed by atoms with Crippen LogP contribution in [-0.2, 0) is 27.5 Å². The molecule has 6 heavy (non-hydrogen) atoms. The summed E-state index contributed by atoms with van der Waals surface area (Å²) in [5, 5.41) is 0. The Labute approximate surface area is 118 Å². The maximum atomic E-state index is 8.34. The summed E-state index contributed by atoms with van der Waals surface area (Å²) in [7, 11) is 0. The van der Waals surface area contributed by atoms with Crippen LogP contribution in [0, 0.1) is 35.6 Å². The predicted molar refractivity (Wildman–Crippen MR) is 12.8 cm³/mol. The Balaban J connectivity index is -0.000000000333. The number of rotatable bonds is 0. The van der Waals surface area contributed by atoms with Crippen molar-refractivity contribution in [1.82, 2.24) is 0 Å². The second-order valence-electron chi connectivity index (χ2n) is 0. The molecule has 0 fully saturated rings. The average molecular weight is 292 g/mol. The zero-order valence-electron chi connectivity index (χ0n) is 5.49. The van der Waals surface area contributed by atoms with Gasteiger partial charge in [0.15, 0.2) is 17.4 Å². The molecule has 0 N–H and O–H groups in total. The van der Waals surface area contributed by atoms with Crippen LogP contribution in [0.3, 0.4) is 0 Å². The van der Waals surface area contributed by atoms with Gasteiger partial charge in [0.25, 0.3) is 0 Å². The Morgan fingerprint density at radius 2 is 1.17 bits per heavy atom. The Bertz CT molecular complexity index is 20.0. The Morgan fingerprint density at radius 3 is 1.17 bits per heavy atom. The molecule has 0 saturated heterocycles. The summed E-state index contributed by atoms with van der Waals surface area (Å²) in [6.07, 6.45) is 0. The summed E-state index contributed by atoms with van der Waals surface area (Å²) in [5.41, 5.74) is 0. The standard InChI is InChI=1S/Al.La.2Li.O.Zr.5H/q;;2*+1;;;;;;2*-1. The van der Waals surface area contributed by atoms with Crippen molar-refractivity contribution >= 4 is 17.4 Å². The van der Waals surface area contributed by atoms with Crippen molar-refractivity contribution in [2.45, 2.75) is 0 Å². The first-order chi connectivity index (χ1) is 1.00. The summed E-state index contributed by atoms with van der Waals surface area (Å²) < 4.78 is 8.34. The minimum atomic E-state index is 0. The Hall–Kier alpha value is 3.61. The van der Waals surface area contributed by atoms with Gasteiger partial charge in [-0.3, -0.25) is 0 Å². The van der Waals surface area contributed by atoms with Crippen LogP contribution >= 0.6 is 0 Å². The van der Waals surface area contributed by atoms with E-state index in [0.717, 1.165) is 0 Å². The fraction of sp³-hybridized carbons (Fsp3) is 0. The molecule has 0 aromatic rings. The van der Waals surface area contributed by atoms with Crippen LogP contribution in [0.1, 0.15) is 2.85 Å². The molecule has 0 aliphatic carbocycles. The topological polar surface area (TPSA) is 17.1 Å². The molecular formula is H5AlLaLi2OZr. The Kier molecular flexibility index (Phi) is 214. The molecule has 0 saturated carbocycles. The first-order valence-corrected chi connectivity index (χ1v) is 1.21. The van der Waals surface area contributed by atoms with Gasteiger partial charge in [-0.1, -0.05) is 0 Å². The molecule has 0 aliphatic rings. The molecule has 23 valence electrons. The fourth-order valence-electron chi connectivity index (χ4n) is 0. The molecule has 6 heteroatoms. The summed E-state index contributed by atoms with van der Waals surface area (Å²) in [6.45, 7) is 0. The third-order valence-electron chi connectivity index (χ3n) is 0. The van der Waals surface area contributed by atoms with Gasteiger partial charge in [0.2, 0.25) is 0 Å². The Morgan fingerprint density at radius 1 is 1.17 bits per heavy atom. The summed E-state index contributed by atoms with van der Waals surface area (Å²) in [6, 6.07) is 0. The van der Waals surface area contributed by atoms with E-state index in [1.807, 2.05) is 0 Å². The predicted octanol–water partition coefficient (Wildman–Crippen LogP) is -7.07. The zero-order valence-corrected chi connectivity index (χ0v) is 9.57. The zero-order chi connectivity index (χ0) is 2.00. The van der Waals surface area contributed by atoms with Gasteiger partial charge in [-0.15, -0.1) is 0 Å². The molecule has 0 rings (SSSR count). The van der Waals surface area contributed by atoms with E-state index in [-0.39, 0.29) is 93.5 Å². The first-order valence-electron chi connectivity index (χ1n) is 0.204. The summed E-state index contributed by atoms with van der Waals surface area (Å²) in [5.74, 6) is 0. The van der Waals surface area contributed by atoms with Crippen LogP contribution in [0.5, 0.6) is 0 Å². The van der Waals surface area contributed by atoms with Crippen molar-refractivity contribution in [2.24, 2.45) is 0 Å². The van der Waals surface area contributed by atoms with E-state index in [1.54, 1.807) is 0 Å². The van der Waals surface area contributed by atoms with Gasteiger partial charge in [-0.05, 0) is 0 Å². The van der Waals surface area contributed by atoms with Crippen LogP contribution in [0.25, 0.3) is 0 Å². The molecule has 0 aromatic heterocycles. The van der Waals surface area contributed by atoms with Crippen LogP contribution in [-0.4, -0.2) is 17.4 Å². The van der Waals surface area contributed by atoms with E-state index in [4.69, 9.17) is 2.81 Å². The summed E-state index contributed by atoms with van der Waals surface area (Å²) >= 11 is 0.300. The molecule has 0 bridgehead atoms. The van der Waals surface area contributed by atoms with Gasteiger partial charge in [-0.25, -0.2) is 0 Å². The van der Waals surface area contributed by atoms with Crippen molar-refractivity contribution in [2.75, 3.05) is 0 Å². The molecule has 0 unspecified atom stereocenters. The maximum absolute atomic E-state index is 8.34. The van der Waals surface area contributed by atoms with Gasteiger partial charge in [0.1, 0.15) is 0 Å². The molecule has 0 aliphatic heterocycles. The molecule has 0 heterocycles. The van der Waals surface area contributed by atoms with Gasteiger partial charge < -0.3 is 2.85 Å². The van der Waals surface area contributed by atoms with Crippen molar-refractivity contribution in [1.29, 1.82) is 0 Å². The van der Waals surface area contributed by atoms with E-state index >= 15 is 0 Å². The minimum absolute atomic E-state index is 0. The monoisotopic (exact) mass is 291 g/mol. The van der Waals surface area contributed by atoms with E-state index in [9.17, 15) is 0 Å². The van der Waals surface area contributed by atoms with E-state index in [0.29, 0.717) is 24.7 Å². The third kappa shape index (κ3) is 25.5. The normalized spacial score (nSPS) is 0.500. The fourth-order valence-corrected chi connectivity index (χ4v) is 0. The average Bonchev–Trinajstić information content (AvgIpc) is 1.00. The third-order valence-corrected chi connectivity index (χ3v) is 0. The molecule has 1 radical (unpaired) electrons. The van der Waals surface area contributed by atoms with Crippen molar-refractivity contribution in [3.8, 4) is 0 Å². The second-order valence-corrected chi connectivity index (χ2v) is 0. The second kappa shape index (κ2) is 38.3. The van der Waals surface area contributed by atoms with Gasteiger partial charge >= 0.3 is 65.3 Å². The SMILES string of the molecule is [AlH3].[H-].[H-].[La].[Li+].[Li+].[O]=[Zr]. The summed E-state index contributed by atoms with van der Waals surface area (Å²) in [4.78, 5) is 0. The van der Waals surface area contributed by atoms with Crippen LogP contribution in [0.2, 0.25) is 0 Å². The molecule has 0 atom stereocenters. The van der Waals surface area contributed by atoms with Crippen molar-refractivity contribution in [3.63, 3.8) is 0 Å². The van der Waals surface area contributed by atoms with Gasteiger partial charge in [-0.2, -0.15) is 0 Å². The molecule has 1 nitrogen and oxygen atoms in total. The van der Waals surface area contributed by atoms with E-state index < -0.39 is 0 Å². The van der Waals surface area contributed by atoms with Crippen molar-refractivity contribution in [3.05, 3.63) is 0 Å². The van der Waals surface area contributed by atoms with Crippen LogP contribution in [0.15, 0.2) is 0 Å². The van der Waals surface area contributed by atoms with Gasteiger partial charge in [0, 0.05) is 35.6 Å². The van der Waals surface area contributed by atoms with Crippen LogP contribution in [0.4, 0.5) is 0 Å². The van der Waals surface area contributed by atoms with E-state index in [1.165, 1.54) is 0 Å². The van der Waals surface area contributed by atoms with Gasteiger partial charge in [0.05, 0.1) is 0 Å². The molecule has 0 amide bonds. The number of hydrogen-bond donors (Lipinski definition) is 0. The first kappa shape index (κ1) is 33.5. The molecular weight excluding hydrogens is 287 g/mol. The van der Waals surface area contributed by atoms with E-state index in [2.05, 4.69) is 0 Å².